The summed E-state index contributed by atoms with van der Waals surface area (Å²) in [7, 11) is 0. The van der Waals surface area contributed by atoms with E-state index >= 15 is 0 Å². The lowest BCUT2D eigenvalue weighted by molar-refractivity contribution is 0.211. The minimum absolute atomic E-state index is 0.386. The fourth-order valence-electron chi connectivity index (χ4n) is 5.01. The predicted molar refractivity (Wildman–Crippen MR) is 124 cm³/mol. The van der Waals surface area contributed by atoms with Crippen LogP contribution in [0.5, 0.6) is 0 Å². The number of hydrogen-bond donors (Lipinski definition) is 2. The van der Waals surface area contributed by atoms with Gasteiger partial charge in [-0.15, -0.1) is 0 Å². The molecule has 2 aromatic heterocycles. The van der Waals surface area contributed by atoms with Gasteiger partial charge in [0.1, 0.15) is 5.82 Å². The number of hydrogen-bond acceptors (Lipinski definition) is 6. The van der Waals surface area contributed by atoms with Gasteiger partial charge < -0.3 is 11.1 Å². The molecule has 6 nitrogen and oxygen atoms in total. The zero-order valence-electron chi connectivity index (χ0n) is 18.0. The van der Waals surface area contributed by atoms with Gasteiger partial charge in [-0.05, 0) is 67.9 Å². The molecule has 1 aliphatic heterocycles. The van der Waals surface area contributed by atoms with Crippen molar-refractivity contribution in [2.24, 2.45) is 0 Å². The summed E-state index contributed by atoms with van der Waals surface area (Å²) < 4.78 is 0. The van der Waals surface area contributed by atoms with Gasteiger partial charge >= 0.3 is 0 Å². The molecule has 3 aromatic rings. The summed E-state index contributed by atoms with van der Waals surface area (Å²) in [5, 5.41) is 13.6. The molecule has 31 heavy (non-hydrogen) atoms. The number of pyridine rings is 2. The maximum absolute atomic E-state index is 8.95. The number of benzene rings is 1. The van der Waals surface area contributed by atoms with E-state index in [1.807, 2.05) is 18.2 Å². The van der Waals surface area contributed by atoms with Gasteiger partial charge in [-0.2, -0.15) is 5.26 Å². The van der Waals surface area contributed by atoms with Crippen LogP contribution in [-0.4, -0.2) is 34.0 Å². The SMILES string of the molecule is Cc1c2c(nc3nc(NC4CCN(Cc5ccc(C#N)cc5)CC4)cc(N)c13)CCC2. The van der Waals surface area contributed by atoms with E-state index in [9.17, 15) is 0 Å². The van der Waals surface area contributed by atoms with Crippen LogP contribution in [0.4, 0.5) is 11.5 Å². The second kappa shape index (κ2) is 8.16. The number of anilines is 2. The van der Waals surface area contributed by atoms with Crippen LogP contribution in [0.25, 0.3) is 11.0 Å². The molecule has 2 aliphatic rings. The van der Waals surface area contributed by atoms with Gasteiger partial charge in [0.05, 0.1) is 11.6 Å². The van der Waals surface area contributed by atoms with Crippen LogP contribution in [-0.2, 0) is 19.4 Å². The second-order valence-electron chi connectivity index (χ2n) is 8.81. The van der Waals surface area contributed by atoms with Crippen LogP contribution in [0.2, 0.25) is 0 Å². The lowest BCUT2D eigenvalue weighted by Crippen LogP contribution is -2.38. The first kappa shape index (κ1) is 19.8. The molecule has 1 fully saturated rings. The monoisotopic (exact) mass is 412 g/mol. The van der Waals surface area contributed by atoms with Gasteiger partial charge in [0.15, 0.2) is 5.65 Å². The highest BCUT2D eigenvalue weighted by Crippen LogP contribution is 2.33. The number of likely N-dealkylation sites (tertiary alicyclic amines) is 1. The van der Waals surface area contributed by atoms with Crippen molar-refractivity contribution in [1.82, 2.24) is 14.9 Å². The van der Waals surface area contributed by atoms with Crippen molar-refractivity contribution in [2.45, 2.75) is 51.6 Å². The first-order valence-corrected chi connectivity index (χ1v) is 11.2. The normalized spacial score (nSPS) is 16.9. The Labute approximate surface area is 183 Å². The summed E-state index contributed by atoms with van der Waals surface area (Å²) in [5.41, 5.74) is 13.8. The Kier molecular flexibility index (Phi) is 5.21. The molecular weight excluding hydrogens is 384 g/mol. The van der Waals surface area contributed by atoms with E-state index in [-0.39, 0.29) is 0 Å². The van der Waals surface area contributed by atoms with Crippen molar-refractivity contribution in [3.8, 4) is 6.07 Å². The molecule has 0 saturated carbocycles. The Bertz CT molecular complexity index is 1150. The van der Waals surface area contributed by atoms with Gasteiger partial charge in [-0.3, -0.25) is 4.90 Å². The number of rotatable bonds is 4. The number of nitrogens with zero attached hydrogens (tertiary/aromatic N) is 4. The van der Waals surface area contributed by atoms with E-state index < -0.39 is 0 Å². The zero-order valence-corrected chi connectivity index (χ0v) is 18.0. The summed E-state index contributed by atoms with van der Waals surface area (Å²) in [6, 6.07) is 12.4. The fraction of sp³-hybridized carbons (Fsp3) is 0.400. The third kappa shape index (κ3) is 3.94. The van der Waals surface area contributed by atoms with E-state index in [1.165, 1.54) is 28.8 Å². The van der Waals surface area contributed by atoms with Gasteiger partial charge in [0.25, 0.3) is 0 Å². The highest BCUT2D eigenvalue weighted by molar-refractivity contribution is 5.93. The van der Waals surface area contributed by atoms with Gasteiger partial charge in [0.2, 0.25) is 0 Å². The number of nitrogens with two attached hydrogens (primary N) is 1. The smallest absolute Gasteiger partial charge is 0.164 e. The fourth-order valence-corrected chi connectivity index (χ4v) is 5.01. The number of piperidine rings is 1. The summed E-state index contributed by atoms with van der Waals surface area (Å²) in [6.07, 6.45) is 5.44. The quantitative estimate of drug-likeness (QED) is 0.674. The van der Waals surface area contributed by atoms with Crippen molar-refractivity contribution in [3.63, 3.8) is 0 Å². The molecule has 0 radical (unpaired) electrons. The first-order chi connectivity index (χ1) is 15.1. The van der Waals surface area contributed by atoms with Crippen LogP contribution in [0.3, 0.4) is 0 Å². The Morgan fingerprint density at radius 2 is 1.94 bits per heavy atom. The Balaban J connectivity index is 1.25. The maximum Gasteiger partial charge on any atom is 0.164 e. The molecule has 0 bridgehead atoms. The van der Waals surface area contributed by atoms with Crippen molar-refractivity contribution >= 4 is 22.5 Å². The molecule has 1 aliphatic carbocycles. The van der Waals surface area contributed by atoms with Crippen molar-refractivity contribution in [2.75, 3.05) is 24.1 Å². The number of aryl methyl sites for hydroxylation is 2. The molecule has 6 heteroatoms. The van der Waals surface area contributed by atoms with Gasteiger partial charge in [-0.1, -0.05) is 12.1 Å². The average Bonchev–Trinajstić information content (AvgIpc) is 3.24. The highest BCUT2D eigenvalue weighted by atomic mass is 15.1. The van der Waals surface area contributed by atoms with Crippen molar-refractivity contribution in [3.05, 3.63) is 58.3 Å². The summed E-state index contributed by atoms with van der Waals surface area (Å²) in [4.78, 5) is 12.1. The minimum Gasteiger partial charge on any atom is -0.398 e. The standard InChI is InChI=1S/C25H28N6/c1-16-20-3-2-4-22(20)29-25-24(16)21(27)13-23(30-25)28-19-9-11-31(12-10-19)15-18-7-5-17(14-26)6-8-18/h5-8,13,19H,2-4,9-12,15H2,1H3,(H3,27,28,29,30). The molecule has 5 rings (SSSR count). The van der Waals surface area contributed by atoms with Crippen LogP contribution in [0, 0.1) is 18.3 Å². The van der Waals surface area contributed by atoms with Crippen LogP contribution in [0.15, 0.2) is 30.3 Å². The summed E-state index contributed by atoms with van der Waals surface area (Å²) >= 11 is 0. The lowest BCUT2D eigenvalue weighted by atomic mass is 10.0. The number of nitrogen functional groups attached to an aromatic ring is 1. The summed E-state index contributed by atoms with van der Waals surface area (Å²) in [6.45, 7) is 5.15. The third-order valence-electron chi connectivity index (χ3n) is 6.72. The third-order valence-corrected chi connectivity index (χ3v) is 6.72. The van der Waals surface area contributed by atoms with E-state index in [1.54, 1.807) is 0 Å². The first-order valence-electron chi connectivity index (χ1n) is 11.2. The van der Waals surface area contributed by atoms with Crippen LogP contribution < -0.4 is 11.1 Å². The van der Waals surface area contributed by atoms with E-state index in [4.69, 9.17) is 21.0 Å². The molecule has 0 unspecified atom stereocenters. The molecule has 0 amide bonds. The zero-order chi connectivity index (χ0) is 21.4. The number of nitrogens with one attached hydrogen (secondary N) is 1. The molecule has 1 aromatic carbocycles. The Morgan fingerprint density at radius 1 is 1.16 bits per heavy atom. The number of fused-ring (bicyclic) bond motifs is 2. The summed E-state index contributed by atoms with van der Waals surface area (Å²) in [5.74, 6) is 0.834. The largest absolute Gasteiger partial charge is 0.398 e. The molecular formula is C25H28N6. The average molecular weight is 413 g/mol. The van der Waals surface area contributed by atoms with Gasteiger partial charge in [-0.25, -0.2) is 9.97 Å². The second-order valence-corrected chi connectivity index (χ2v) is 8.81. The Hall–Kier alpha value is -3.17. The highest BCUT2D eigenvalue weighted by Gasteiger charge is 2.22. The molecule has 3 heterocycles. The van der Waals surface area contributed by atoms with E-state index in [0.29, 0.717) is 11.6 Å². The number of aromatic nitrogens is 2. The molecule has 1 saturated heterocycles. The van der Waals surface area contributed by atoms with E-state index in [0.717, 1.165) is 67.9 Å². The minimum atomic E-state index is 0.386. The van der Waals surface area contributed by atoms with Gasteiger partial charge in [0, 0.05) is 48.5 Å². The van der Waals surface area contributed by atoms with Crippen molar-refractivity contribution in [1.29, 1.82) is 5.26 Å². The maximum atomic E-state index is 8.95. The molecule has 0 atom stereocenters. The Morgan fingerprint density at radius 3 is 2.68 bits per heavy atom. The number of nitriles is 1. The predicted octanol–water partition coefficient (Wildman–Crippen LogP) is 3.96. The molecule has 3 N–H and O–H groups in total. The topological polar surface area (TPSA) is 90.9 Å². The lowest BCUT2D eigenvalue weighted by Gasteiger charge is -2.32. The van der Waals surface area contributed by atoms with Crippen molar-refractivity contribution < 1.29 is 0 Å². The molecule has 0 spiro atoms. The van der Waals surface area contributed by atoms with Crippen LogP contribution in [0.1, 0.15) is 47.2 Å². The molecule has 158 valence electrons. The van der Waals surface area contributed by atoms with E-state index in [2.05, 4.69) is 35.3 Å². The van der Waals surface area contributed by atoms with Crippen LogP contribution >= 0.6 is 0 Å².